The highest BCUT2D eigenvalue weighted by Gasteiger charge is 2.35. The third kappa shape index (κ3) is 4.84. The zero-order valence-electron chi connectivity index (χ0n) is 11.5. The van der Waals surface area contributed by atoms with Crippen LogP contribution < -0.4 is 5.32 Å². The molecule has 0 aliphatic heterocycles. The van der Waals surface area contributed by atoms with Crippen molar-refractivity contribution >= 4 is 0 Å². The van der Waals surface area contributed by atoms with Gasteiger partial charge in [-0.3, -0.25) is 0 Å². The lowest BCUT2D eigenvalue weighted by molar-refractivity contribution is 0.131. The standard InChI is InChI=1S/C14H29NO/c1-5-8-16-9-6-7-15-13-11-14(3,4)10-12(13)2/h12-13,15H,5-11H2,1-4H3. The van der Waals surface area contributed by atoms with Gasteiger partial charge < -0.3 is 10.1 Å². The number of ether oxygens (including phenoxy) is 1. The molecular weight excluding hydrogens is 198 g/mol. The summed E-state index contributed by atoms with van der Waals surface area (Å²) in [6.07, 6.45) is 4.95. The Balaban J connectivity index is 2.05. The largest absolute Gasteiger partial charge is 0.381 e. The smallest absolute Gasteiger partial charge is 0.0478 e. The van der Waals surface area contributed by atoms with Gasteiger partial charge in [0.25, 0.3) is 0 Å². The second kappa shape index (κ2) is 6.61. The SMILES string of the molecule is CCCOCCCNC1CC(C)(C)CC1C. The first-order chi connectivity index (χ1) is 7.55. The maximum atomic E-state index is 5.48. The van der Waals surface area contributed by atoms with Crippen LogP contribution in [0, 0.1) is 11.3 Å². The highest BCUT2D eigenvalue weighted by Crippen LogP contribution is 2.40. The van der Waals surface area contributed by atoms with E-state index < -0.39 is 0 Å². The van der Waals surface area contributed by atoms with E-state index in [-0.39, 0.29) is 0 Å². The molecule has 0 heterocycles. The quantitative estimate of drug-likeness (QED) is 0.674. The molecule has 2 nitrogen and oxygen atoms in total. The lowest BCUT2D eigenvalue weighted by atomic mass is 9.91. The Labute approximate surface area is 101 Å². The molecule has 2 atom stereocenters. The van der Waals surface area contributed by atoms with Gasteiger partial charge in [-0.1, -0.05) is 27.7 Å². The molecule has 1 aliphatic rings. The number of rotatable bonds is 7. The van der Waals surface area contributed by atoms with Crippen LogP contribution in [0.2, 0.25) is 0 Å². The molecular formula is C14H29NO. The van der Waals surface area contributed by atoms with Gasteiger partial charge in [-0.25, -0.2) is 0 Å². The molecule has 0 radical (unpaired) electrons. The van der Waals surface area contributed by atoms with Gasteiger partial charge in [0, 0.05) is 19.3 Å². The molecule has 0 aromatic carbocycles. The van der Waals surface area contributed by atoms with E-state index in [1.54, 1.807) is 0 Å². The van der Waals surface area contributed by atoms with Crippen LogP contribution in [0.5, 0.6) is 0 Å². The van der Waals surface area contributed by atoms with E-state index in [9.17, 15) is 0 Å². The Hall–Kier alpha value is -0.0800. The van der Waals surface area contributed by atoms with Crippen LogP contribution in [-0.2, 0) is 4.74 Å². The molecule has 1 rings (SSSR count). The van der Waals surface area contributed by atoms with E-state index in [1.807, 2.05) is 0 Å². The summed E-state index contributed by atoms with van der Waals surface area (Å²) < 4.78 is 5.48. The van der Waals surface area contributed by atoms with Gasteiger partial charge >= 0.3 is 0 Å². The lowest BCUT2D eigenvalue weighted by Gasteiger charge is -2.18. The van der Waals surface area contributed by atoms with Crippen molar-refractivity contribution in [2.45, 2.75) is 59.4 Å². The second-order valence-electron chi connectivity index (χ2n) is 6.08. The third-order valence-electron chi connectivity index (χ3n) is 3.55. The zero-order chi connectivity index (χ0) is 12.0. The predicted molar refractivity (Wildman–Crippen MR) is 69.7 cm³/mol. The van der Waals surface area contributed by atoms with Gasteiger partial charge in [0.15, 0.2) is 0 Å². The fraction of sp³-hybridized carbons (Fsp3) is 1.00. The third-order valence-corrected chi connectivity index (χ3v) is 3.55. The second-order valence-corrected chi connectivity index (χ2v) is 6.08. The fourth-order valence-corrected chi connectivity index (χ4v) is 2.88. The first kappa shape index (κ1) is 14.0. The molecule has 2 heteroatoms. The van der Waals surface area contributed by atoms with E-state index >= 15 is 0 Å². The van der Waals surface area contributed by atoms with Gasteiger partial charge in [0.2, 0.25) is 0 Å². The summed E-state index contributed by atoms with van der Waals surface area (Å²) in [5.74, 6) is 0.826. The minimum atomic E-state index is 0.537. The zero-order valence-corrected chi connectivity index (χ0v) is 11.5. The van der Waals surface area contributed by atoms with Gasteiger partial charge in [0.1, 0.15) is 0 Å². The van der Waals surface area contributed by atoms with Crippen LogP contribution in [0.3, 0.4) is 0 Å². The van der Waals surface area contributed by atoms with Crippen LogP contribution >= 0.6 is 0 Å². The summed E-state index contributed by atoms with van der Waals surface area (Å²) in [6, 6.07) is 0.723. The topological polar surface area (TPSA) is 21.3 Å². The van der Waals surface area contributed by atoms with Crippen molar-refractivity contribution in [2.24, 2.45) is 11.3 Å². The summed E-state index contributed by atoms with van der Waals surface area (Å²) in [5.41, 5.74) is 0.537. The van der Waals surface area contributed by atoms with Gasteiger partial charge in [-0.2, -0.15) is 0 Å². The summed E-state index contributed by atoms with van der Waals surface area (Å²) >= 11 is 0. The first-order valence-electron chi connectivity index (χ1n) is 6.86. The summed E-state index contributed by atoms with van der Waals surface area (Å²) in [4.78, 5) is 0. The minimum absolute atomic E-state index is 0.537. The van der Waals surface area contributed by atoms with E-state index in [4.69, 9.17) is 4.74 Å². The van der Waals surface area contributed by atoms with Crippen molar-refractivity contribution in [1.82, 2.24) is 5.32 Å². The van der Waals surface area contributed by atoms with Gasteiger partial charge in [0.05, 0.1) is 0 Å². The Morgan fingerprint density at radius 2 is 2.00 bits per heavy atom. The molecule has 0 bridgehead atoms. The Morgan fingerprint density at radius 1 is 1.25 bits per heavy atom. The van der Waals surface area contributed by atoms with Crippen molar-refractivity contribution in [1.29, 1.82) is 0 Å². The lowest BCUT2D eigenvalue weighted by Crippen LogP contribution is -2.32. The number of hydrogen-bond donors (Lipinski definition) is 1. The minimum Gasteiger partial charge on any atom is -0.381 e. The van der Waals surface area contributed by atoms with Crippen molar-refractivity contribution in [3.63, 3.8) is 0 Å². The Morgan fingerprint density at radius 3 is 2.56 bits per heavy atom. The van der Waals surface area contributed by atoms with Crippen LogP contribution in [0.15, 0.2) is 0 Å². The normalized spacial score (nSPS) is 28.5. The van der Waals surface area contributed by atoms with Crippen LogP contribution in [0.25, 0.3) is 0 Å². The highest BCUT2D eigenvalue weighted by atomic mass is 16.5. The maximum Gasteiger partial charge on any atom is 0.0478 e. The average Bonchev–Trinajstić information content (AvgIpc) is 2.45. The van der Waals surface area contributed by atoms with Crippen LogP contribution in [0.4, 0.5) is 0 Å². The van der Waals surface area contributed by atoms with Gasteiger partial charge in [-0.15, -0.1) is 0 Å². The summed E-state index contributed by atoms with van der Waals surface area (Å²) in [6.45, 7) is 12.2. The maximum absolute atomic E-state index is 5.48. The van der Waals surface area contributed by atoms with Crippen LogP contribution in [-0.4, -0.2) is 25.8 Å². The predicted octanol–water partition coefficient (Wildman–Crippen LogP) is 3.22. The molecule has 0 amide bonds. The molecule has 1 fully saturated rings. The first-order valence-corrected chi connectivity index (χ1v) is 6.86. The molecule has 16 heavy (non-hydrogen) atoms. The number of nitrogens with one attached hydrogen (secondary N) is 1. The van der Waals surface area contributed by atoms with E-state index in [2.05, 4.69) is 33.0 Å². The molecule has 0 aromatic heterocycles. The average molecular weight is 227 g/mol. The highest BCUT2D eigenvalue weighted by molar-refractivity contribution is 4.90. The summed E-state index contributed by atoms with van der Waals surface area (Å²) in [7, 11) is 0. The molecule has 96 valence electrons. The van der Waals surface area contributed by atoms with Crippen molar-refractivity contribution in [2.75, 3.05) is 19.8 Å². The fourth-order valence-electron chi connectivity index (χ4n) is 2.88. The summed E-state index contributed by atoms with van der Waals surface area (Å²) in [5, 5.41) is 3.68. The van der Waals surface area contributed by atoms with Crippen molar-refractivity contribution < 1.29 is 4.74 Å². The van der Waals surface area contributed by atoms with E-state index in [0.29, 0.717) is 5.41 Å². The Kier molecular flexibility index (Phi) is 5.77. The number of hydrogen-bond acceptors (Lipinski definition) is 2. The van der Waals surface area contributed by atoms with Gasteiger partial charge in [-0.05, 0) is 43.6 Å². The molecule has 0 saturated heterocycles. The monoisotopic (exact) mass is 227 g/mol. The Bertz CT molecular complexity index is 191. The van der Waals surface area contributed by atoms with E-state index in [1.165, 1.54) is 12.8 Å². The molecule has 1 saturated carbocycles. The van der Waals surface area contributed by atoms with Crippen molar-refractivity contribution in [3.8, 4) is 0 Å². The molecule has 1 aliphatic carbocycles. The van der Waals surface area contributed by atoms with E-state index in [0.717, 1.165) is 44.6 Å². The van der Waals surface area contributed by atoms with Crippen molar-refractivity contribution in [3.05, 3.63) is 0 Å². The molecule has 2 unspecified atom stereocenters. The molecule has 0 spiro atoms. The van der Waals surface area contributed by atoms with Crippen LogP contribution in [0.1, 0.15) is 53.4 Å². The molecule has 0 aromatic rings. The molecule has 1 N–H and O–H groups in total.